The molecule has 6 nitrogen and oxygen atoms in total. The van der Waals surface area contributed by atoms with Crippen molar-refractivity contribution in [3.63, 3.8) is 0 Å². The molecule has 0 aliphatic rings. The van der Waals surface area contributed by atoms with Crippen molar-refractivity contribution in [1.29, 1.82) is 0 Å². The first-order chi connectivity index (χ1) is 15.2. The monoisotopic (exact) mass is 470 g/mol. The summed E-state index contributed by atoms with van der Waals surface area (Å²) in [5, 5.41) is 16.3. The molecule has 1 atom stereocenters. The minimum Gasteiger partial charge on any atom is -0.495 e. The molecule has 0 fully saturated rings. The molecule has 0 radical (unpaired) electrons. The van der Waals surface area contributed by atoms with Gasteiger partial charge in [-0.25, -0.2) is 0 Å². The molecule has 4 rings (SSSR count). The number of thioether (sulfide) groups is 1. The molecule has 0 aliphatic heterocycles. The lowest BCUT2D eigenvalue weighted by Gasteiger charge is -2.15. The summed E-state index contributed by atoms with van der Waals surface area (Å²) in [6.07, 6.45) is 0.834. The van der Waals surface area contributed by atoms with Crippen LogP contribution in [0.15, 0.2) is 64.4 Å². The van der Waals surface area contributed by atoms with Gasteiger partial charge in [-0.3, -0.25) is 9.36 Å². The fourth-order valence-electron chi connectivity index (χ4n) is 3.06. The van der Waals surface area contributed by atoms with Crippen molar-refractivity contribution in [1.82, 2.24) is 20.1 Å². The average Bonchev–Trinajstić information content (AvgIpc) is 3.55. The number of hydrogen-bond donors (Lipinski definition) is 1. The highest BCUT2D eigenvalue weighted by molar-refractivity contribution is 8.00. The third-order valence-electron chi connectivity index (χ3n) is 4.60. The molecule has 1 unspecified atom stereocenters. The molecule has 1 aromatic carbocycles. The smallest absolute Gasteiger partial charge is 0.233 e. The van der Waals surface area contributed by atoms with Crippen LogP contribution in [0.25, 0.3) is 16.4 Å². The predicted molar refractivity (Wildman–Crippen MR) is 128 cm³/mol. The Labute approximate surface area is 193 Å². The van der Waals surface area contributed by atoms with Crippen LogP contribution in [0.2, 0.25) is 0 Å². The van der Waals surface area contributed by atoms with Crippen LogP contribution in [0.4, 0.5) is 0 Å². The van der Waals surface area contributed by atoms with Gasteiger partial charge in [-0.1, -0.05) is 36.0 Å². The number of carbonyl (C=O) groups is 1. The fraction of sp³-hybridized carbons (Fsp3) is 0.227. The summed E-state index contributed by atoms with van der Waals surface area (Å²) >= 11 is 4.68. The predicted octanol–water partition coefficient (Wildman–Crippen LogP) is 4.91. The Bertz CT molecular complexity index is 1120. The number of methoxy groups -OCH3 is 1. The summed E-state index contributed by atoms with van der Waals surface area (Å²) < 4.78 is 7.54. The molecule has 0 aliphatic carbocycles. The number of amides is 1. The second-order valence-corrected chi connectivity index (χ2v) is 9.96. The van der Waals surface area contributed by atoms with Gasteiger partial charge < -0.3 is 10.1 Å². The lowest BCUT2D eigenvalue weighted by atomic mass is 10.3. The molecule has 160 valence electrons. The van der Waals surface area contributed by atoms with Crippen LogP contribution in [0, 0.1) is 0 Å². The van der Waals surface area contributed by atoms with Gasteiger partial charge in [-0.15, -0.1) is 32.9 Å². The number of nitrogens with zero attached hydrogens (tertiary/aromatic N) is 3. The van der Waals surface area contributed by atoms with E-state index in [1.165, 1.54) is 16.6 Å². The molecule has 0 spiro atoms. The number of thiophene rings is 2. The molecule has 3 heterocycles. The minimum absolute atomic E-state index is 0.0196. The Morgan fingerprint density at radius 2 is 1.94 bits per heavy atom. The molecule has 3 aromatic heterocycles. The molecule has 1 amide bonds. The molecule has 0 bridgehead atoms. The summed E-state index contributed by atoms with van der Waals surface area (Å²) in [5.74, 6) is 1.43. The number of benzene rings is 1. The van der Waals surface area contributed by atoms with E-state index in [1.54, 1.807) is 29.8 Å². The number of rotatable bonds is 9. The van der Waals surface area contributed by atoms with E-state index in [1.807, 2.05) is 64.7 Å². The minimum atomic E-state index is -0.322. The zero-order valence-corrected chi connectivity index (χ0v) is 19.6. The first-order valence-corrected chi connectivity index (χ1v) is 12.4. The Kier molecular flexibility index (Phi) is 7.06. The van der Waals surface area contributed by atoms with E-state index in [2.05, 4.69) is 21.6 Å². The van der Waals surface area contributed by atoms with Crippen LogP contribution in [0.5, 0.6) is 5.75 Å². The summed E-state index contributed by atoms with van der Waals surface area (Å²) in [4.78, 5) is 14.9. The van der Waals surface area contributed by atoms with Crippen LogP contribution in [0.1, 0.15) is 11.8 Å². The van der Waals surface area contributed by atoms with Crippen molar-refractivity contribution in [2.45, 2.75) is 23.8 Å². The largest absolute Gasteiger partial charge is 0.495 e. The molecule has 0 saturated heterocycles. The molecule has 1 N–H and O–H groups in total. The quantitative estimate of drug-likeness (QED) is 0.352. The molecule has 31 heavy (non-hydrogen) atoms. The van der Waals surface area contributed by atoms with Gasteiger partial charge >= 0.3 is 0 Å². The molecule has 0 saturated carbocycles. The maximum atomic E-state index is 12.7. The zero-order valence-electron chi connectivity index (χ0n) is 17.1. The first-order valence-electron chi connectivity index (χ1n) is 9.77. The normalized spacial score (nSPS) is 11.9. The van der Waals surface area contributed by atoms with Crippen molar-refractivity contribution in [2.24, 2.45) is 0 Å². The fourth-order valence-corrected chi connectivity index (χ4v) is 5.35. The average molecular weight is 471 g/mol. The number of carbonyl (C=O) groups excluding carboxylic acids is 1. The van der Waals surface area contributed by atoms with E-state index in [4.69, 9.17) is 4.74 Å². The van der Waals surface area contributed by atoms with Crippen LogP contribution in [-0.4, -0.2) is 39.6 Å². The van der Waals surface area contributed by atoms with Crippen LogP contribution >= 0.6 is 34.4 Å². The Morgan fingerprint density at radius 3 is 2.68 bits per heavy atom. The van der Waals surface area contributed by atoms with E-state index in [9.17, 15) is 4.79 Å². The lowest BCUT2D eigenvalue weighted by molar-refractivity contribution is -0.120. The molecule has 4 aromatic rings. The van der Waals surface area contributed by atoms with Gasteiger partial charge in [-0.2, -0.15) is 0 Å². The Hall–Kier alpha value is -2.62. The first kappa shape index (κ1) is 21.6. The SMILES string of the molecule is COc1ccccc1-n1c(SC(C)C(=O)NCCc2cccs2)nnc1-c1cccs1. The van der Waals surface area contributed by atoms with Gasteiger partial charge in [-0.05, 0) is 48.4 Å². The van der Waals surface area contributed by atoms with Gasteiger partial charge in [0.25, 0.3) is 0 Å². The number of ether oxygens (including phenoxy) is 1. The van der Waals surface area contributed by atoms with Gasteiger partial charge in [0, 0.05) is 11.4 Å². The van der Waals surface area contributed by atoms with E-state index < -0.39 is 0 Å². The summed E-state index contributed by atoms with van der Waals surface area (Å²) in [6.45, 7) is 2.50. The van der Waals surface area contributed by atoms with E-state index in [0.29, 0.717) is 11.7 Å². The molecular weight excluding hydrogens is 448 g/mol. The van der Waals surface area contributed by atoms with Crippen molar-refractivity contribution in [3.05, 3.63) is 64.2 Å². The Balaban J connectivity index is 1.56. The van der Waals surface area contributed by atoms with Gasteiger partial charge in [0.05, 0.1) is 22.9 Å². The van der Waals surface area contributed by atoms with Gasteiger partial charge in [0.2, 0.25) is 5.91 Å². The number of para-hydroxylation sites is 2. The standard InChI is InChI=1S/C22H22N4O2S3/c1-15(21(27)23-12-11-16-7-5-13-29-16)31-22-25-24-20(19-10-6-14-30-19)26(22)17-8-3-4-9-18(17)28-2/h3-10,13-15H,11-12H2,1-2H3,(H,23,27). The van der Waals surface area contributed by atoms with Crippen molar-refractivity contribution < 1.29 is 9.53 Å². The van der Waals surface area contributed by atoms with Crippen molar-refractivity contribution >= 4 is 40.3 Å². The third kappa shape index (κ3) is 5.00. The highest BCUT2D eigenvalue weighted by atomic mass is 32.2. The number of aromatic nitrogens is 3. The summed E-state index contributed by atoms with van der Waals surface area (Å²) in [5.41, 5.74) is 0.839. The maximum absolute atomic E-state index is 12.7. The maximum Gasteiger partial charge on any atom is 0.233 e. The summed E-state index contributed by atoms with van der Waals surface area (Å²) in [7, 11) is 1.64. The van der Waals surface area contributed by atoms with Gasteiger partial charge in [0.1, 0.15) is 5.75 Å². The van der Waals surface area contributed by atoms with Crippen LogP contribution in [0.3, 0.4) is 0 Å². The second kappa shape index (κ2) is 10.1. The lowest BCUT2D eigenvalue weighted by Crippen LogP contribution is -2.32. The van der Waals surface area contributed by atoms with E-state index in [0.717, 1.165) is 28.6 Å². The van der Waals surface area contributed by atoms with Crippen LogP contribution < -0.4 is 10.1 Å². The molecular formula is C22H22N4O2S3. The van der Waals surface area contributed by atoms with Gasteiger partial charge in [0.15, 0.2) is 11.0 Å². The zero-order chi connectivity index (χ0) is 21.6. The number of nitrogens with one attached hydrogen (secondary N) is 1. The topological polar surface area (TPSA) is 69.0 Å². The third-order valence-corrected chi connectivity index (χ3v) is 7.45. The highest BCUT2D eigenvalue weighted by Gasteiger charge is 2.23. The van der Waals surface area contributed by atoms with Crippen LogP contribution in [-0.2, 0) is 11.2 Å². The highest BCUT2D eigenvalue weighted by Crippen LogP contribution is 2.35. The molecule has 9 heteroatoms. The van der Waals surface area contributed by atoms with Crippen molar-refractivity contribution in [3.8, 4) is 22.1 Å². The van der Waals surface area contributed by atoms with E-state index >= 15 is 0 Å². The Morgan fingerprint density at radius 1 is 1.13 bits per heavy atom. The summed E-state index contributed by atoms with van der Waals surface area (Å²) in [6, 6.07) is 15.8. The van der Waals surface area contributed by atoms with Crippen molar-refractivity contribution in [2.75, 3.05) is 13.7 Å². The number of hydrogen-bond acceptors (Lipinski definition) is 7. The van der Waals surface area contributed by atoms with E-state index in [-0.39, 0.29) is 11.2 Å². The second-order valence-electron chi connectivity index (χ2n) is 6.67.